The lowest BCUT2D eigenvalue weighted by atomic mass is 10.0. The van der Waals surface area contributed by atoms with Gasteiger partial charge in [-0.15, -0.1) is 5.10 Å². The molecule has 0 aromatic carbocycles. The number of carbonyl (C=O) groups excluding carboxylic acids is 1. The molecule has 1 aromatic rings. The first-order valence-corrected chi connectivity index (χ1v) is 9.07. The van der Waals surface area contributed by atoms with Crippen LogP contribution in [0.1, 0.15) is 40.3 Å². The molecule has 2 rings (SSSR count). The average molecular weight is 402 g/mol. The molecule has 7 nitrogen and oxygen atoms in total. The van der Waals surface area contributed by atoms with E-state index in [2.05, 4.69) is 45.0 Å². The van der Waals surface area contributed by atoms with Crippen LogP contribution in [-0.2, 0) is 11.3 Å². The number of nitrogens with zero attached hydrogens (tertiary/aromatic N) is 5. The first kappa shape index (κ1) is 19.2. The second kappa shape index (κ2) is 7.00. The molecule has 1 aliphatic rings. The molecule has 136 valence electrons. The highest BCUT2D eigenvalue weighted by atomic mass is 79.9. The maximum Gasteiger partial charge on any atom is 0.410 e. The lowest BCUT2D eigenvalue weighted by Crippen LogP contribution is -2.57. The Labute approximate surface area is 152 Å². The van der Waals surface area contributed by atoms with Gasteiger partial charge in [-0.2, -0.15) is 0 Å². The minimum Gasteiger partial charge on any atom is -0.444 e. The lowest BCUT2D eigenvalue weighted by Gasteiger charge is -2.44. The van der Waals surface area contributed by atoms with Crippen LogP contribution in [0.5, 0.6) is 0 Å². The van der Waals surface area contributed by atoms with Crippen molar-refractivity contribution in [1.29, 1.82) is 0 Å². The quantitative estimate of drug-likeness (QED) is 0.778. The fourth-order valence-electron chi connectivity index (χ4n) is 2.78. The molecule has 8 heteroatoms. The van der Waals surface area contributed by atoms with E-state index in [1.807, 2.05) is 32.4 Å². The van der Waals surface area contributed by atoms with Crippen molar-refractivity contribution < 1.29 is 9.53 Å². The maximum atomic E-state index is 12.2. The van der Waals surface area contributed by atoms with E-state index >= 15 is 0 Å². The van der Waals surface area contributed by atoms with Crippen molar-refractivity contribution >= 4 is 22.0 Å². The lowest BCUT2D eigenvalue weighted by molar-refractivity contribution is -0.00130. The Kier molecular flexibility index (Phi) is 5.59. The third kappa shape index (κ3) is 4.69. The Morgan fingerprint density at radius 2 is 1.75 bits per heavy atom. The van der Waals surface area contributed by atoms with Gasteiger partial charge in [0.25, 0.3) is 0 Å². The minimum absolute atomic E-state index is 0.0715. The number of hydrogen-bond acceptors (Lipinski definition) is 5. The second-order valence-corrected chi connectivity index (χ2v) is 8.64. The summed E-state index contributed by atoms with van der Waals surface area (Å²) in [5.74, 6) is 0. The number of aromatic nitrogens is 3. The number of carbonyl (C=O) groups is 1. The summed E-state index contributed by atoms with van der Waals surface area (Å²) in [5, 5.41) is 8.24. The molecule has 1 saturated heterocycles. The summed E-state index contributed by atoms with van der Waals surface area (Å²) in [6.07, 6.45) is -0.226. The number of hydrogen-bond donors (Lipinski definition) is 0. The molecule has 0 unspecified atom stereocenters. The molecule has 0 radical (unpaired) electrons. The summed E-state index contributed by atoms with van der Waals surface area (Å²) in [5.41, 5.74) is 0.499. The number of halogens is 1. The molecule has 0 bridgehead atoms. The van der Waals surface area contributed by atoms with E-state index in [1.54, 1.807) is 4.90 Å². The molecule has 0 aliphatic carbocycles. The molecule has 1 fully saturated rings. The molecule has 0 atom stereocenters. The van der Waals surface area contributed by atoms with E-state index in [0.717, 1.165) is 29.9 Å². The zero-order chi connectivity index (χ0) is 18.1. The maximum absolute atomic E-state index is 12.2. The van der Waals surface area contributed by atoms with Gasteiger partial charge in [0.15, 0.2) is 4.60 Å². The van der Waals surface area contributed by atoms with E-state index in [1.165, 1.54) is 0 Å². The van der Waals surface area contributed by atoms with Gasteiger partial charge < -0.3 is 9.64 Å². The monoisotopic (exact) mass is 401 g/mol. The van der Waals surface area contributed by atoms with Gasteiger partial charge in [-0.25, -0.2) is 9.48 Å². The van der Waals surface area contributed by atoms with Gasteiger partial charge in [0.05, 0.1) is 12.2 Å². The summed E-state index contributed by atoms with van der Waals surface area (Å²) in [4.78, 5) is 16.3. The van der Waals surface area contributed by atoms with E-state index in [4.69, 9.17) is 4.74 Å². The molecule has 2 heterocycles. The van der Waals surface area contributed by atoms with Crippen molar-refractivity contribution in [1.82, 2.24) is 24.8 Å². The summed E-state index contributed by atoms with van der Waals surface area (Å²) >= 11 is 3.40. The van der Waals surface area contributed by atoms with Crippen molar-refractivity contribution in [2.45, 2.75) is 59.2 Å². The smallest absolute Gasteiger partial charge is 0.410 e. The fraction of sp³-hybridized carbons (Fsp3) is 0.812. The highest BCUT2D eigenvalue weighted by Gasteiger charge is 2.33. The normalized spacial score (nSPS) is 17.2. The summed E-state index contributed by atoms with van der Waals surface area (Å²) < 4.78 is 8.16. The van der Waals surface area contributed by atoms with Crippen molar-refractivity contribution in [3.05, 3.63) is 10.3 Å². The fourth-order valence-corrected chi connectivity index (χ4v) is 3.05. The molecule has 1 aliphatic heterocycles. The predicted molar refractivity (Wildman–Crippen MR) is 95.9 cm³/mol. The number of piperazine rings is 1. The van der Waals surface area contributed by atoms with E-state index < -0.39 is 5.60 Å². The zero-order valence-electron chi connectivity index (χ0n) is 15.5. The Balaban J connectivity index is 1.93. The van der Waals surface area contributed by atoms with Gasteiger partial charge in [-0.1, -0.05) is 5.21 Å². The van der Waals surface area contributed by atoms with E-state index in [9.17, 15) is 4.79 Å². The van der Waals surface area contributed by atoms with Gasteiger partial charge in [-0.05, 0) is 57.5 Å². The van der Waals surface area contributed by atoms with Gasteiger partial charge in [-0.3, -0.25) is 4.90 Å². The van der Waals surface area contributed by atoms with Crippen LogP contribution in [0.25, 0.3) is 0 Å². The van der Waals surface area contributed by atoms with Crippen LogP contribution in [0.2, 0.25) is 0 Å². The van der Waals surface area contributed by atoms with E-state index in [0.29, 0.717) is 13.1 Å². The molecular weight excluding hydrogens is 374 g/mol. The summed E-state index contributed by atoms with van der Waals surface area (Å²) in [7, 11) is 0. The highest BCUT2D eigenvalue weighted by Crippen LogP contribution is 2.22. The molecule has 1 amide bonds. The third-order valence-corrected chi connectivity index (χ3v) is 4.98. The van der Waals surface area contributed by atoms with Crippen LogP contribution < -0.4 is 0 Å². The minimum atomic E-state index is -0.453. The van der Waals surface area contributed by atoms with Gasteiger partial charge in [0.1, 0.15) is 5.60 Å². The van der Waals surface area contributed by atoms with Crippen molar-refractivity contribution in [3.63, 3.8) is 0 Å². The highest BCUT2D eigenvalue weighted by molar-refractivity contribution is 9.10. The number of ether oxygens (including phenoxy) is 1. The predicted octanol–water partition coefficient (Wildman–Crippen LogP) is 2.68. The Hall–Kier alpha value is -1.15. The largest absolute Gasteiger partial charge is 0.444 e. The topological polar surface area (TPSA) is 63.5 Å². The molecule has 1 aromatic heterocycles. The molecular formula is C16H28BrN5O2. The Bertz CT molecular complexity index is 586. The zero-order valence-corrected chi connectivity index (χ0v) is 17.1. The summed E-state index contributed by atoms with van der Waals surface area (Å²) in [6.45, 7) is 15.8. The first-order valence-electron chi connectivity index (χ1n) is 8.28. The standard InChI is InChI=1S/C16H28BrN5O2/c1-12-13(17)18-19-22(12)11-16(5,6)21-9-7-20(8-10-21)14(23)24-15(2,3)4/h7-11H2,1-6H3. The molecule has 0 N–H and O–H groups in total. The van der Waals surface area contributed by atoms with Crippen molar-refractivity contribution in [2.24, 2.45) is 0 Å². The van der Waals surface area contributed by atoms with Crippen LogP contribution in [0, 0.1) is 6.92 Å². The van der Waals surface area contributed by atoms with Gasteiger partial charge in [0.2, 0.25) is 0 Å². The van der Waals surface area contributed by atoms with Gasteiger partial charge in [0, 0.05) is 31.7 Å². The molecule has 24 heavy (non-hydrogen) atoms. The average Bonchev–Trinajstić information content (AvgIpc) is 2.77. The third-order valence-electron chi connectivity index (χ3n) is 4.25. The Morgan fingerprint density at radius 3 is 2.21 bits per heavy atom. The van der Waals surface area contributed by atoms with E-state index in [-0.39, 0.29) is 11.6 Å². The van der Waals surface area contributed by atoms with Gasteiger partial charge >= 0.3 is 6.09 Å². The van der Waals surface area contributed by atoms with Crippen LogP contribution in [0.4, 0.5) is 4.79 Å². The van der Waals surface area contributed by atoms with Crippen LogP contribution in [0.3, 0.4) is 0 Å². The van der Waals surface area contributed by atoms with Crippen LogP contribution in [0.15, 0.2) is 4.60 Å². The molecule has 0 spiro atoms. The first-order chi connectivity index (χ1) is 11.0. The van der Waals surface area contributed by atoms with Crippen molar-refractivity contribution in [3.8, 4) is 0 Å². The second-order valence-electron chi connectivity index (χ2n) is 7.89. The molecule has 0 saturated carbocycles. The number of amides is 1. The van der Waals surface area contributed by atoms with Crippen molar-refractivity contribution in [2.75, 3.05) is 26.2 Å². The number of rotatable bonds is 3. The Morgan fingerprint density at radius 1 is 1.17 bits per heavy atom. The van der Waals surface area contributed by atoms with Crippen LogP contribution in [-0.4, -0.2) is 68.2 Å². The SMILES string of the molecule is Cc1c(Br)nnn1CC(C)(C)N1CCN(C(=O)OC(C)(C)C)CC1. The van der Waals surface area contributed by atoms with Crippen LogP contribution >= 0.6 is 15.9 Å². The summed E-state index contributed by atoms with van der Waals surface area (Å²) in [6, 6.07) is 0.